The van der Waals surface area contributed by atoms with Crippen LogP contribution in [0.1, 0.15) is 24.3 Å². The summed E-state index contributed by atoms with van der Waals surface area (Å²) in [6.45, 7) is 6.01. The van der Waals surface area contributed by atoms with E-state index in [4.69, 9.17) is 0 Å². The second kappa shape index (κ2) is 9.51. The van der Waals surface area contributed by atoms with E-state index in [0.717, 1.165) is 6.54 Å². The van der Waals surface area contributed by atoms with Gasteiger partial charge in [0.05, 0.1) is 39.0 Å². The van der Waals surface area contributed by atoms with E-state index >= 15 is 0 Å². The zero-order chi connectivity index (χ0) is 28.4. The third-order valence-corrected chi connectivity index (χ3v) is 8.73. The molecule has 42 heavy (non-hydrogen) atoms. The van der Waals surface area contributed by atoms with Crippen LogP contribution < -0.4 is 10.2 Å². The number of nitrogens with zero attached hydrogens (tertiary/aromatic N) is 3. The van der Waals surface area contributed by atoms with E-state index in [-0.39, 0.29) is 6.17 Å². The van der Waals surface area contributed by atoms with Crippen molar-refractivity contribution in [1.29, 1.82) is 0 Å². The molecular weight excluding hydrogens is 512 g/mol. The van der Waals surface area contributed by atoms with Gasteiger partial charge in [0, 0.05) is 40.5 Å². The van der Waals surface area contributed by atoms with Crippen LogP contribution in [0.25, 0.3) is 54.5 Å². The Morgan fingerprint density at radius 1 is 0.619 bits per heavy atom. The molecule has 0 saturated heterocycles. The van der Waals surface area contributed by atoms with Crippen LogP contribution in [0.4, 0.5) is 5.69 Å². The number of para-hydroxylation sites is 3. The van der Waals surface area contributed by atoms with Gasteiger partial charge in [0.25, 0.3) is 0 Å². The lowest BCUT2D eigenvalue weighted by atomic mass is 10.0. The number of aromatic nitrogens is 2. The van der Waals surface area contributed by atoms with E-state index in [1.807, 2.05) is 6.92 Å². The van der Waals surface area contributed by atoms with Gasteiger partial charge in [0.1, 0.15) is 6.17 Å². The molecule has 4 nitrogen and oxygen atoms in total. The lowest BCUT2D eigenvalue weighted by molar-refractivity contribution is 0.493. The number of anilines is 1. The van der Waals surface area contributed by atoms with Crippen LogP contribution in [-0.4, -0.2) is 15.8 Å². The van der Waals surface area contributed by atoms with Crippen LogP contribution in [0.3, 0.4) is 0 Å². The molecule has 1 aliphatic heterocycles. The summed E-state index contributed by atoms with van der Waals surface area (Å²) >= 11 is 0. The zero-order valence-electron chi connectivity index (χ0n) is 23.9. The van der Waals surface area contributed by atoms with Gasteiger partial charge in [-0.2, -0.15) is 0 Å². The van der Waals surface area contributed by atoms with E-state index in [0.29, 0.717) is 0 Å². The first-order valence-corrected chi connectivity index (χ1v) is 14.6. The molecule has 4 heterocycles. The first-order valence-electron chi connectivity index (χ1n) is 14.6. The summed E-state index contributed by atoms with van der Waals surface area (Å²) in [4.78, 5) is 2.43. The Morgan fingerprint density at radius 3 is 1.71 bits per heavy atom. The Kier molecular flexibility index (Phi) is 5.59. The number of benzene rings is 5. The standard InChI is InChI=1S/C35H26N4.C3H6/c1-37-32-27-15-7-10-18-30(27)38-28-16-8-5-13-23(28)25-19-20-26-24-14-6-9-17-29(24)39(34(26)33(25)38)31(32)21-36-35(37)22-11-3-2-4-12-22;1-3-2/h2-20,35-36H,21H2,1H3;3H,1H2,2H3. The monoisotopic (exact) mass is 544 g/mol. The molecule has 1 N–H and O–H groups in total. The maximum absolute atomic E-state index is 3.88. The molecule has 0 radical (unpaired) electrons. The Morgan fingerprint density at radius 2 is 1.10 bits per heavy atom. The van der Waals surface area contributed by atoms with Crippen LogP contribution in [0.15, 0.2) is 128 Å². The summed E-state index contributed by atoms with van der Waals surface area (Å²) in [6, 6.07) is 42.1. The van der Waals surface area contributed by atoms with Gasteiger partial charge in [-0.3, -0.25) is 5.32 Å². The first-order chi connectivity index (χ1) is 20.7. The summed E-state index contributed by atoms with van der Waals surface area (Å²) in [7, 11) is 2.23. The first kappa shape index (κ1) is 24.7. The zero-order valence-corrected chi connectivity index (χ0v) is 23.9. The Balaban J connectivity index is 0.000000856. The van der Waals surface area contributed by atoms with Crippen LogP contribution >= 0.6 is 0 Å². The molecule has 204 valence electrons. The molecule has 0 aliphatic carbocycles. The molecule has 1 atom stereocenters. The Labute approximate surface area is 244 Å². The van der Waals surface area contributed by atoms with Crippen molar-refractivity contribution in [1.82, 2.24) is 14.1 Å². The quantitative estimate of drug-likeness (QED) is 0.208. The SMILES string of the molecule is C=CC.CN1c2c(n3c4ccccc4c4ccc5c6ccccc6n(c6ccccc26)c5c43)CNC1c1ccccc1. The van der Waals surface area contributed by atoms with Crippen molar-refractivity contribution in [2.45, 2.75) is 19.6 Å². The maximum Gasteiger partial charge on any atom is 0.106 e. The number of rotatable bonds is 1. The summed E-state index contributed by atoms with van der Waals surface area (Å²) in [5, 5.41) is 10.3. The van der Waals surface area contributed by atoms with Crippen molar-refractivity contribution >= 4 is 60.2 Å². The number of hydrogen-bond acceptors (Lipinski definition) is 2. The molecule has 5 aromatic carbocycles. The van der Waals surface area contributed by atoms with Crippen molar-refractivity contribution < 1.29 is 0 Å². The van der Waals surface area contributed by atoms with E-state index in [9.17, 15) is 0 Å². The number of hydrogen-bond donors (Lipinski definition) is 1. The molecule has 9 rings (SSSR count). The molecule has 1 aliphatic rings. The molecule has 3 aromatic heterocycles. The Bertz CT molecular complexity index is 2310. The van der Waals surface area contributed by atoms with Crippen LogP contribution in [-0.2, 0) is 6.54 Å². The molecule has 8 aromatic rings. The summed E-state index contributed by atoms with van der Waals surface area (Å²) in [6.07, 6.45) is 1.83. The maximum atomic E-state index is 3.88. The predicted molar refractivity (Wildman–Crippen MR) is 179 cm³/mol. The van der Waals surface area contributed by atoms with Crippen molar-refractivity contribution in [2.24, 2.45) is 0 Å². The second-order valence-corrected chi connectivity index (χ2v) is 11.1. The fourth-order valence-electron chi connectivity index (χ4n) is 7.15. The largest absolute Gasteiger partial charge is 0.353 e. The molecule has 0 fully saturated rings. The highest BCUT2D eigenvalue weighted by molar-refractivity contribution is 6.24. The van der Waals surface area contributed by atoms with Gasteiger partial charge in [0.2, 0.25) is 0 Å². The van der Waals surface area contributed by atoms with Crippen molar-refractivity contribution in [3.05, 3.63) is 139 Å². The minimum Gasteiger partial charge on any atom is -0.353 e. The number of allylic oxidation sites excluding steroid dienone is 1. The van der Waals surface area contributed by atoms with Crippen molar-refractivity contribution in [3.8, 4) is 0 Å². The average Bonchev–Trinajstić information content (AvgIpc) is 3.54. The minimum atomic E-state index is 0.0754. The lowest BCUT2D eigenvalue weighted by Crippen LogP contribution is -2.41. The fourth-order valence-corrected chi connectivity index (χ4v) is 7.15. The molecule has 0 amide bonds. The van der Waals surface area contributed by atoms with Gasteiger partial charge < -0.3 is 13.7 Å². The average molecular weight is 545 g/mol. The third kappa shape index (κ3) is 3.33. The molecule has 1 unspecified atom stereocenters. The highest BCUT2D eigenvalue weighted by Gasteiger charge is 2.29. The number of fused-ring (bicyclic) bond motifs is 11. The van der Waals surface area contributed by atoms with E-state index < -0.39 is 0 Å². The molecule has 0 bridgehead atoms. The van der Waals surface area contributed by atoms with Crippen LogP contribution in [0.2, 0.25) is 0 Å². The highest BCUT2D eigenvalue weighted by atomic mass is 15.3. The lowest BCUT2D eigenvalue weighted by Gasteiger charge is -2.38. The predicted octanol–water partition coefficient (Wildman–Crippen LogP) is 9.24. The summed E-state index contributed by atoms with van der Waals surface area (Å²) in [5.74, 6) is 0. The molecular formula is C38H32N4. The molecule has 4 heteroatoms. The Hall–Kier alpha value is -5.06. The van der Waals surface area contributed by atoms with E-state index in [1.54, 1.807) is 6.08 Å². The van der Waals surface area contributed by atoms with E-state index in [1.165, 1.54) is 71.5 Å². The smallest absolute Gasteiger partial charge is 0.106 e. The van der Waals surface area contributed by atoms with Gasteiger partial charge in [-0.15, -0.1) is 6.58 Å². The fraction of sp³-hybridized carbons (Fsp3) is 0.105. The topological polar surface area (TPSA) is 24.1 Å². The van der Waals surface area contributed by atoms with Crippen LogP contribution in [0.5, 0.6) is 0 Å². The molecule has 0 spiro atoms. The minimum absolute atomic E-state index is 0.0754. The summed E-state index contributed by atoms with van der Waals surface area (Å²) < 4.78 is 5.05. The normalized spacial score (nSPS) is 15.0. The van der Waals surface area contributed by atoms with Gasteiger partial charge in [-0.05, 0) is 30.7 Å². The number of nitrogens with one attached hydrogen (secondary N) is 1. The summed E-state index contributed by atoms with van der Waals surface area (Å²) in [5.41, 5.74) is 10.1. The van der Waals surface area contributed by atoms with Gasteiger partial charge in [-0.25, -0.2) is 0 Å². The van der Waals surface area contributed by atoms with Gasteiger partial charge in [0.15, 0.2) is 0 Å². The third-order valence-electron chi connectivity index (χ3n) is 8.73. The van der Waals surface area contributed by atoms with E-state index in [2.05, 4.69) is 148 Å². The van der Waals surface area contributed by atoms with Crippen molar-refractivity contribution in [2.75, 3.05) is 11.9 Å². The second-order valence-electron chi connectivity index (χ2n) is 11.1. The molecule has 0 saturated carbocycles. The van der Waals surface area contributed by atoms with Crippen LogP contribution in [0, 0.1) is 0 Å². The van der Waals surface area contributed by atoms with Crippen molar-refractivity contribution in [3.63, 3.8) is 0 Å². The highest BCUT2D eigenvalue weighted by Crippen LogP contribution is 2.44. The van der Waals surface area contributed by atoms with Gasteiger partial charge in [-0.1, -0.05) is 103 Å². The van der Waals surface area contributed by atoms with Gasteiger partial charge >= 0.3 is 0 Å².